The molecule has 3 heterocycles. The van der Waals surface area contributed by atoms with Crippen molar-refractivity contribution in [2.45, 2.75) is 19.1 Å². The van der Waals surface area contributed by atoms with Gasteiger partial charge in [-0.15, -0.1) is 11.3 Å². The molecule has 4 nitrogen and oxygen atoms in total. The Bertz CT molecular complexity index is 547. The number of alkyl halides is 1. The highest BCUT2D eigenvalue weighted by Gasteiger charge is 2.27. The Hall–Kier alpha value is -0.720. The first kappa shape index (κ1) is 12.3. The van der Waals surface area contributed by atoms with Gasteiger partial charge in [0.2, 0.25) is 0 Å². The Balaban J connectivity index is 1.99. The van der Waals surface area contributed by atoms with Crippen molar-refractivity contribution in [1.82, 2.24) is 9.97 Å². The van der Waals surface area contributed by atoms with E-state index in [1.807, 2.05) is 0 Å². The van der Waals surface area contributed by atoms with Crippen LogP contribution in [0.5, 0.6) is 0 Å². The molecule has 96 valence electrons. The first-order valence-electron chi connectivity index (χ1n) is 5.92. The van der Waals surface area contributed by atoms with Crippen LogP contribution in [0.2, 0.25) is 0 Å². The van der Waals surface area contributed by atoms with Gasteiger partial charge in [0.05, 0.1) is 24.1 Å². The van der Waals surface area contributed by atoms with Crippen LogP contribution in [0.4, 0.5) is 5.82 Å². The molecule has 0 aliphatic carbocycles. The molecule has 1 aliphatic rings. The molecule has 0 aromatic carbocycles. The van der Waals surface area contributed by atoms with E-state index in [4.69, 9.17) is 4.74 Å². The summed E-state index contributed by atoms with van der Waals surface area (Å²) < 4.78 is 5.76. The van der Waals surface area contributed by atoms with Gasteiger partial charge in [-0.3, -0.25) is 0 Å². The van der Waals surface area contributed by atoms with E-state index in [1.54, 1.807) is 17.7 Å². The number of thiophene rings is 1. The second-order valence-electron chi connectivity index (χ2n) is 4.45. The topological polar surface area (TPSA) is 38.2 Å². The molecule has 2 atom stereocenters. The fraction of sp³-hybridized carbons (Fsp3) is 0.500. The lowest BCUT2D eigenvalue weighted by Crippen LogP contribution is -2.49. The molecule has 0 radical (unpaired) electrons. The van der Waals surface area contributed by atoms with Gasteiger partial charge in [-0.05, 0) is 18.4 Å². The molecule has 18 heavy (non-hydrogen) atoms. The molecule has 3 rings (SSSR count). The number of rotatable bonds is 2. The lowest BCUT2D eigenvalue weighted by Gasteiger charge is -2.38. The van der Waals surface area contributed by atoms with Crippen LogP contribution in [0.15, 0.2) is 17.8 Å². The van der Waals surface area contributed by atoms with Gasteiger partial charge in [0, 0.05) is 11.9 Å². The number of morpholine rings is 1. The average Bonchev–Trinajstić information content (AvgIpc) is 2.87. The van der Waals surface area contributed by atoms with Gasteiger partial charge in [-0.25, -0.2) is 9.97 Å². The summed E-state index contributed by atoms with van der Waals surface area (Å²) in [6.45, 7) is 3.78. The van der Waals surface area contributed by atoms with E-state index in [-0.39, 0.29) is 6.10 Å². The zero-order valence-corrected chi connectivity index (χ0v) is 12.4. The average molecular weight is 328 g/mol. The lowest BCUT2D eigenvalue weighted by atomic mass is 10.2. The normalized spacial score (nSPS) is 24.7. The SMILES string of the molecule is CC1COC(CBr)CN1c1ncnc2sccc12. The van der Waals surface area contributed by atoms with Crippen molar-refractivity contribution in [3.8, 4) is 0 Å². The van der Waals surface area contributed by atoms with Gasteiger partial charge in [0.1, 0.15) is 17.0 Å². The Morgan fingerprint density at radius 2 is 2.44 bits per heavy atom. The van der Waals surface area contributed by atoms with Gasteiger partial charge >= 0.3 is 0 Å². The van der Waals surface area contributed by atoms with E-state index in [0.29, 0.717) is 6.04 Å². The predicted octanol–water partition coefficient (Wildman–Crippen LogP) is 2.68. The van der Waals surface area contributed by atoms with Crippen LogP contribution in [0.25, 0.3) is 10.2 Å². The van der Waals surface area contributed by atoms with E-state index in [2.05, 4.69) is 49.2 Å². The fourth-order valence-corrected chi connectivity index (χ4v) is 3.33. The Morgan fingerprint density at radius 1 is 1.56 bits per heavy atom. The third-order valence-electron chi connectivity index (χ3n) is 3.19. The third-order valence-corrected chi connectivity index (χ3v) is 4.73. The summed E-state index contributed by atoms with van der Waals surface area (Å²) >= 11 is 5.15. The third kappa shape index (κ3) is 2.13. The second-order valence-corrected chi connectivity index (χ2v) is 5.99. The van der Waals surface area contributed by atoms with E-state index < -0.39 is 0 Å². The van der Waals surface area contributed by atoms with Crippen molar-refractivity contribution in [2.24, 2.45) is 0 Å². The molecule has 0 amide bonds. The van der Waals surface area contributed by atoms with Crippen molar-refractivity contribution in [3.05, 3.63) is 17.8 Å². The van der Waals surface area contributed by atoms with E-state index in [0.717, 1.165) is 34.5 Å². The number of hydrogen-bond donors (Lipinski definition) is 0. The number of aromatic nitrogens is 2. The fourth-order valence-electron chi connectivity index (χ4n) is 2.21. The van der Waals surface area contributed by atoms with Crippen LogP contribution in [-0.2, 0) is 4.74 Å². The van der Waals surface area contributed by atoms with Crippen LogP contribution >= 0.6 is 27.3 Å². The number of ether oxygens (including phenoxy) is 1. The molecule has 1 fully saturated rings. The molecular formula is C12H14BrN3OS. The minimum atomic E-state index is 0.227. The van der Waals surface area contributed by atoms with Gasteiger partial charge in [-0.2, -0.15) is 0 Å². The smallest absolute Gasteiger partial charge is 0.141 e. The maximum atomic E-state index is 5.76. The zero-order valence-electron chi connectivity index (χ0n) is 10.0. The van der Waals surface area contributed by atoms with E-state index in [1.165, 1.54) is 0 Å². The summed E-state index contributed by atoms with van der Waals surface area (Å²) in [7, 11) is 0. The largest absolute Gasteiger partial charge is 0.373 e. The molecule has 0 saturated carbocycles. The summed E-state index contributed by atoms with van der Waals surface area (Å²) in [6.07, 6.45) is 1.88. The van der Waals surface area contributed by atoms with Crippen molar-refractivity contribution < 1.29 is 4.74 Å². The lowest BCUT2D eigenvalue weighted by molar-refractivity contribution is 0.0378. The van der Waals surface area contributed by atoms with Crippen LogP contribution < -0.4 is 4.90 Å². The van der Waals surface area contributed by atoms with E-state index in [9.17, 15) is 0 Å². The summed E-state index contributed by atoms with van der Waals surface area (Å²) in [5.41, 5.74) is 0. The molecule has 1 saturated heterocycles. The highest BCUT2D eigenvalue weighted by molar-refractivity contribution is 9.09. The van der Waals surface area contributed by atoms with Gasteiger partial charge in [-0.1, -0.05) is 15.9 Å². The van der Waals surface area contributed by atoms with Gasteiger partial charge < -0.3 is 9.64 Å². The van der Waals surface area contributed by atoms with Crippen LogP contribution in [0.1, 0.15) is 6.92 Å². The standard InChI is InChI=1S/C12H14BrN3OS/c1-8-6-17-9(4-13)5-16(8)11-10-2-3-18-12(10)15-7-14-11/h2-3,7-9H,4-6H2,1H3. The Morgan fingerprint density at radius 3 is 3.28 bits per heavy atom. The molecule has 2 aromatic rings. The van der Waals surface area contributed by atoms with Crippen molar-refractivity contribution >= 4 is 43.3 Å². The zero-order chi connectivity index (χ0) is 12.5. The molecule has 1 aliphatic heterocycles. The van der Waals surface area contributed by atoms with Crippen LogP contribution in [0.3, 0.4) is 0 Å². The van der Waals surface area contributed by atoms with Crippen LogP contribution in [0, 0.1) is 0 Å². The highest BCUT2D eigenvalue weighted by Crippen LogP contribution is 2.29. The summed E-state index contributed by atoms with van der Waals surface area (Å²) in [5.74, 6) is 1.03. The molecule has 0 bridgehead atoms. The maximum Gasteiger partial charge on any atom is 0.141 e. The predicted molar refractivity (Wildman–Crippen MR) is 77.8 cm³/mol. The highest BCUT2D eigenvalue weighted by atomic mass is 79.9. The number of halogens is 1. The quantitative estimate of drug-likeness (QED) is 0.795. The molecule has 2 unspecified atom stereocenters. The second kappa shape index (κ2) is 5.11. The van der Waals surface area contributed by atoms with Gasteiger partial charge in [0.15, 0.2) is 0 Å². The number of anilines is 1. The molecular weight excluding hydrogens is 314 g/mol. The van der Waals surface area contributed by atoms with Crippen LogP contribution in [-0.4, -0.2) is 40.6 Å². The van der Waals surface area contributed by atoms with E-state index >= 15 is 0 Å². The minimum absolute atomic E-state index is 0.227. The van der Waals surface area contributed by atoms with Crippen molar-refractivity contribution in [1.29, 1.82) is 0 Å². The maximum absolute atomic E-state index is 5.76. The summed E-state index contributed by atoms with van der Waals surface area (Å²) in [5, 5.41) is 4.06. The Labute approximate surface area is 118 Å². The number of fused-ring (bicyclic) bond motifs is 1. The first-order chi connectivity index (χ1) is 8.79. The number of hydrogen-bond acceptors (Lipinski definition) is 5. The Kier molecular flexibility index (Phi) is 3.50. The monoisotopic (exact) mass is 327 g/mol. The van der Waals surface area contributed by atoms with Crippen molar-refractivity contribution in [3.63, 3.8) is 0 Å². The molecule has 0 spiro atoms. The molecule has 2 aromatic heterocycles. The first-order valence-corrected chi connectivity index (χ1v) is 7.92. The summed E-state index contributed by atoms with van der Waals surface area (Å²) in [6, 6.07) is 2.44. The summed E-state index contributed by atoms with van der Waals surface area (Å²) in [4.78, 5) is 12.1. The van der Waals surface area contributed by atoms with Crippen molar-refractivity contribution in [2.75, 3.05) is 23.4 Å². The van der Waals surface area contributed by atoms with Gasteiger partial charge in [0.25, 0.3) is 0 Å². The molecule has 6 heteroatoms. The minimum Gasteiger partial charge on any atom is -0.373 e. The number of nitrogens with zero attached hydrogens (tertiary/aromatic N) is 3. The molecule has 0 N–H and O–H groups in total.